The first-order valence-electron chi connectivity index (χ1n) is 7.56. The van der Waals surface area contributed by atoms with Crippen molar-refractivity contribution in [3.8, 4) is 0 Å². The highest BCUT2D eigenvalue weighted by atomic mass is 32.2. The number of benzene rings is 1. The Morgan fingerprint density at radius 3 is 2.90 bits per heavy atom. The molecule has 0 aromatic heterocycles. The second-order valence-corrected chi connectivity index (χ2v) is 7.86. The van der Waals surface area contributed by atoms with E-state index in [-0.39, 0.29) is 6.04 Å². The molecule has 0 saturated heterocycles. The van der Waals surface area contributed by atoms with Crippen molar-refractivity contribution >= 4 is 15.7 Å². The van der Waals surface area contributed by atoms with Crippen LogP contribution in [0.4, 0.5) is 5.69 Å². The van der Waals surface area contributed by atoms with Crippen LogP contribution in [-0.2, 0) is 16.4 Å². The van der Waals surface area contributed by atoms with Crippen LogP contribution in [0.5, 0.6) is 0 Å². The zero-order valence-corrected chi connectivity index (χ0v) is 13.4. The molecule has 1 unspecified atom stereocenters. The van der Waals surface area contributed by atoms with Crippen molar-refractivity contribution < 1.29 is 8.42 Å². The van der Waals surface area contributed by atoms with Crippen molar-refractivity contribution in [2.24, 2.45) is 0 Å². The van der Waals surface area contributed by atoms with Gasteiger partial charge in [0.05, 0.1) is 4.90 Å². The number of sulfonamides is 1. The van der Waals surface area contributed by atoms with Crippen LogP contribution in [0.25, 0.3) is 0 Å². The fourth-order valence-corrected chi connectivity index (χ4v) is 3.92. The van der Waals surface area contributed by atoms with Gasteiger partial charge < -0.3 is 5.32 Å². The maximum atomic E-state index is 12.4. The summed E-state index contributed by atoms with van der Waals surface area (Å²) in [7, 11) is -1.35. The van der Waals surface area contributed by atoms with E-state index >= 15 is 0 Å². The summed E-state index contributed by atoms with van der Waals surface area (Å²) >= 11 is 0. The minimum absolute atomic E-state index is 0.211. The van der Waals surface area contributed by atoms with Crippen LogP contribution < -0.4 is 10.0 Å². The molecule has 5 nitrogen and oxygen atoms in total. The zero-order valence-electron chi connectivity index (χ0n) is 12.6. The summed E-state index contributed by atoms with van der Waals surface area (Å²) in [6, 6.07) is 6.16. The molecule has 1 atom stereocenters. The van der Waals surface area contributed by atoms with Crippen molar-refractivity contribution in [2.45, 2.75) is 43.2 Å². The predicted molar refractivity (Wildman–Crippen MR) is 84.1 cm³/mol. The maximum absolute atomic E-state index is 12.4. The van der Waals surface area contributed by atoms with Crippen molar-refractivity contribution in [1.29, 1.82) is 0 Å². The SMILES string of the molecule is CC(CNS(=O)(=O)c1ccc2c(c1)CCN2)N(C)C1CC1. The highest BCUT2D eigenvalue weighted by Gasteiger charge is 2.29. The summed E-state index contributed by atoms with van der Waals surface area (Å²) in [6.45, 7) is 3.40. The summed E-state index contributed by atoms with van der Waals surface area (Å²) in [6.07, 6.45) is 3.34. The highest BCUT2D eigenvalue weighted by Crippen LogP contribution is 2.27. The number of anilines is 1. The van der Waals surface area contributed by atoms with Crippen LogP contribution in [-0.4, -0.2) is 45.5 Å². The van der Waals surface area contributed by atoms with Crippen LogP contribution in [0, 0.1) is 0 Å². The van der Waals surface area contributed by atoms with Crippen LogP contribution in [0.15, 0.2) is 23.1 Å². The monoisotopic (exact) mass is 309 g/mol. The second-order valence-electron chi connectivity index (χ2n) is 6.09. The summed E-state index contributed by atoms with van der Waals surface area (Å²) in [5.41, 5.74) is 2.14. The Kier molecular flexibility index (Phi) is 3.94. The molecule has 1 aromatic carbocycles. The molecule has 0 amide bonds. The van der Waals surface area contributed by atoms with E-state index in [2.05, 4.69) is 28.9 Å². The third-order valence-corrected chi connectivity index (χ3v) is 5.90. The number of hydrogen-bond donors (Lipinski definition) is 2. The highest BCUT2D eigenvalue weighted by molar-refractivity contribution is 7.89. The molecule has 2 N–H and O–H groups in total. The van der Waals surface area contributed by atoms with E-state index in [0.29, 0.717) is 17.5 Å². The Bertz CT molecular complexity index is 626. The molecule has 21 heavy (non-hydrogen) atoms. The quantitative estimate of drug-likeness (QED) is 0.834. The first kappa shape index (κ1) is 14.8. The van der Waals surface area contributed by atoms with E-state index in [1.165, 1.54) is 12.8 Å². The number of rotatable bonds is 6. The van der Waals surface area contributed by atoms with E-state index in [1.807, 2.05) is 6.07 Å². The van der Waals surface area contributed by atoms with Crippen molar-refractivity contribution in [1.82, 2.24) is 9.62 Å². The van der Waals surface area contributed by atoms with Gasteiger partial charge in [-0.1, -0.05) is 0 Å². The van der Waals surface area contributed by atoms with E-state index in [1.54, 1.807) is 12.1 Å². The van der Waals surface area contributed by atoms with Gasteiger partial charge in [0, 0.05) is 30.9 Å². The molecule has 0 bridgehead atoms. The fourth-order valence-electron chi connectivity index (χ4n) is 2.75. The van der Waals surface area contributed by atoms with Crippen LogP contribution in [0.1, 0.15) is 25.3 Å². The number of fused-ring (bicyclic) bond motifs is 1. The summed E-state index contributed by atoms with van der Waals surface area (Å²) in [5.74, 6) is 0. The smallest absolute Gasteiger partial charge is 0.240 e. The van der Waals surface area contributed by atoms with E-state index < -0.39 is 10.0 Å². The van der Waals surface area contributed by atoms with Gasteiger partial charge in [0.1, 0.15) is 0 Å². The molecule has 116 valence electrons. The van der Waals surface area contributed by atoms with Crippen LogP contribution >= 0.6 is 0 Å². The Morgan fingerprint density at radius 2 is 2.19 bits per heavy atom. The molecule has 0 spiro atoms. The molecule has 6 heteroatoms. The number of hydrogen-bond acceptors (Lipinski definition) is 4. The standard InChI is InChI=1S/C15H23N3O2S/c1-11(18(2)13-3-4-13)10-17-21(19,20)14-5-6-15-12(9-14)7-8-16-15/h5-6,9,11,13,16-17H,3-4,7-8,10H2,1-2H3. The predicted octanol–water partition coefficient (Wildman–Crippen LogP) is 1.42. The van der Waals surface area contributed by atoms with Gasteiger partial charge in [0.15, 0.2) is 0 Å². The second kappa shape index (κ2) is 5.59. The molecule has 1 aliphatic heterocycles. The first-order valence-corrected chi connectivity index (χ1v) is 9.04. The average molecular weight is 309 g/mol. The van der Waals surface area contributed by atoms with Gasteiger partial charge in [-0.15, -0.1) is 0 Å². The van der Waals surface area contributed by atoms with E-state index in [0.717, 1.165) is 24.2 Å². The van der Waals surface area contributed by atoms with Gasteiger partial charge in [-0.3, -0.25) is 4.90 Å². The summed E-state index contributed by atoms with van der Waals surface area (Å²) < 4.78 is 27.5. The summed E-state index contributed by atoms with van der Waals surface area (Å²) in [5, 5.41) is 3.24. The first-order chi connectivity index (χ1) is 9.97. The lowest BCUT2D eigenvalue weighted by Gasteiger charge is -2.24. The van der Waals surface area contributed by atoms with Gasteiger partial charge in [-0.2, -0.15) is 0 Å². The van der Waals surface area contributed by atoms with E-state index in [9.17, 15) is 8.42 Å². The minimum atomic E-state index is -3.42. The Morgan fingerprint density at radius 1 is 1.43 bits per heavy atom. The van der Waals surface area contributed by atoms with E-state index in [4.69, 9.17) is 0 Å². The van der Waals surface area contributed by atoms with Crippen LogP contribution in [0.2, 0.25) is 0 Å². The fraction of sp³-hybridized carbons (Fsp3) is 0.600. The molecule has 1 aromatic rings. The molecule has 3 rings (SSSR count). The molecule has 1 aliphatic carbocycles. The molecule has 1 saturated carbocycles. The number of nitrogens with one attached hydrogen (secondary N) is 2. The van der Waals surface area contributed by atoms with Gasteiger partial charge in [0.25, 0.3) is 0 Å². The maximum Gasteiger partial charge on any atom is 0.240 e. The lowest BCUT2D eigenvalue weighted by atomic mass is 10.2. The van der Waals surface area contributed by atoms with Crippen molar-refractivity contribution in [3.63, 3.8) is 0 Å². The summed E-state index contributed by atoms with van der Waals surface area (Å²) in [4.78, 5) is 2.63. The van der Waals surface area contributed by atoms with Crippen molar-refractivity contribution in [3.05, 3.63) is 23.8 Å². The molecular formula is C15H23N3O2S. The third kappa shape index (κ3) is 3.22. The molecule has 0 radical (unpaired) electrons. The topological polar surface area (TPSA) is 61.4 Å². The Balaban J connectivity index is 1.66. The van der Waals surface area contributed by atoms with Gasteiger partial charge >= 0.3 is 0 Å². The average Bonchev–Trinajstić information content (AvgIpc) is 3.21. The van der Waals surface area contributed by atoms with Crippen LogP contribution in [0.3, 0.4) is 0 Å². The lowest BCUT2D eigenvalue weighted by Crippen LogP contribution is -2.41. The van der Waals surface area contributed by atoms with Gasteiger partial charge in [0.2, 0.25) is 10.0 Å². The Labute approximate surface area is 126 Å². The largest absolute Gasteiger partial charge is 0.384 e. The van der Waals surface area contributed by atoms with Gasteiger partial charge in [-0.05, 0) is 57.0 Å². The normalized spacial score (nSPS) is 19.4. The molecule has 2 aliphatic rings. The molecular weight excluding hydrogens is 286 g/mol. The lowest BCUT2D eigenvalue weighted by molar-refractivity contribution is 0.248. The molecule has 1 heterocycles. The Hall–Kier alpha value is -1.11. The zero-order chi connectivity index (χ0) is 15.0. The van der Waals surface area contributed by atoms with Crippen molar-refractivity contribution in [2.75, 3.05) is 25.5 Å². The number of nitrogens with zero attached hydrogens (tertiary/aromatic N) is 1. The number of likely N-dealkylation sites (N-methyl/N-ethyl adjacent to an activating group) is 1. The third-order valence-electron chi connectivity index (χ3n) is 4.48. The van der Waals surface area contributed by atoms with Gasteiger partial charge in [-0.25, -0.2) is 13.1 Å². The molecule has 1 fully saturated rings. The minimum Gasteiger partial charge on any atom is -0.384 e.